The molecule has 0 aliphatic heterocycles. The molecule has 0 saturated carbocycles. The molecule has 0 radical (unpaired) electrons. The fourth-order valence-corrected chi connectivity index (χ4v) is 3.85. The number of aromatic nitrogens is 2. The highest BCUT2D eigenvalue weighted by atomic mass is 16.1. The van der Waals surface area contributed by atoms with Crippen molar-refractivity contribution in [2.45, 2.75) is 39.0 Å². The van der Waals surface area contributed by atoms with Crippen LogP contribution in [0.5, 0.6) is 0 Å². The Labute approximate surface area is 177 Å². The summed E-state index contributed by atoms with van der Waals surface area (Å²) in [4.78, 5) is 20.9. The van der Waals surface area contributed by atoms with Gasteiger partial charge in [-0.3, -0.25) is 4.79 Å². The molecule has 3 aromatic carbocycles. The molecule has 1 amide bonds. The van der Waals surface area contributed by atoms with E-state index in [1.807, 2.05) is 49.4 Å². The molecule has 4 aromatic rings. The number of carbonyl (C=O) groups is 1. The van der Waals surface area contributed by atoms with Crippen LogP contribution in [-0.2, 0) is 17.6 Å². The number of carbonyl (C=O) groups excluding carboxylic acids is 1. The zero-order valence-corrected chi connectivity index (χ0v) is 17.5. The maximum atomic E-state index is 12.8. The van der Waals surface area contributed by atoms with Crippen LogP contribution in [0.1, 0.15) is 41.8 Å². The molecule has 0 bridgehead atoms. The zero-order valence-electron chi connectivity index (χ0n) is 17.5. The van der Waals surface area contributed by atoms with Crippen molar-refractivity contribution < 1.29 is 4.79 Å². The first-order valence-electron chi connectivity index (χ1n) is 10.5. The number of hydrogen-bond donors (Lipinski definition) is 2. The summed E-state index contributed by atoms with van der Waals surface area (Å²) in [6.07, 6.45) is 2.45. The van der Waals surface area contributed by atoms with E-state index in [4.69, 9.17) is 0 Å². The number of nitrogens with one attached hydrogen (secondary N) is 2. The van der Waals surface area contributed by atoms with E-state index in [9.17, 15) is 4.79 Å². The van der Waals surface area contributed by atoms with Gasteiger partial charge in [0, 0.05) is 12.1 Å². The first-order chi connectivity index (χ1) is 14.6. The number of amides is 1. The van der Waals surface area contributed by atoms with Crippen LogP contribution in [0.2, 0.25) is 0 Å². The standard InChI is InChI=1S/C26H27N3O/c1-3-22(20-9-5-4-6-10-20)26(30)27-21-11-7-8-19(17-21)13-15-25-28-23-14-12-18(2)16-24(23)29-25/h4-12,14,16-17,22H,3,13,15H2,1-2H3,(H,27,30)(H,28,29)/t22-/m1/s1. The van der Waals surface area contributed by atoms with Crippen LogP contribution in [0.3, 0.4) is 0 Å². The molecule has 4 heteroatoms. The highest BCUT2D eigenvalue weighted by Crippen LogP contribution is 2.22. The lowest BCUT2D eigenvalue weighted by atomic mass is 9.95. The van der Waals surface area contributed by atoms with E-state index in [1.165, 1.54) is 11.1 Å². The van der Waals surface area contributed by atoms with Crippen LogP contribution >= 0.6 is 0 Å². The molecule has 0 fully saturated rings. The molecule has 1 aromatic heterocycles. The molecule has 0 aliphatic carbocycles. The summed E-state index contributed by atoms with van der Waals surface area (Å²) in [7, 11) is 0. The minimum atomic E-state index is -0.145. The van der Waals surface area contributed by atoms with E-state index in [-0.39, 0.29) is 11.8 Å². The Morgan fingerprint density at radius 1 is 1.00 bits per heavy atom. The Bertz CT molecular complexity index is 1150. The average Bonchev–Trinajstić information content (AvgIpc) is 3.16. The Morgan fingerprint density at radius 3 is 2.63 bits per heavy atom. The summed E-state index contributed by atoms with van der Waals surface area (Å²) in [5.41, 5.74) is 6.38. The first-order valence-corrected chi connectivity index (χ1v) is 10.5. The molecule has 30 heavy (non-hydrogen) atoms. The molecule has 152 valence electrons. The largest absolute Gasteiger partial charge is 0.342 e. The highest BCUT2D eigenvalue weighted by Gasteiger charge is 2.18. The number of fused-ring (bicyclic) bond motifs is 1. The van der Waals surface area contributed by atoms with Crippen molar-refractivity contribution in [3.05, 3.63) is 95.3 Å². The topological polar surface area (TPSA) is 57.8 Å². The van der Waals surface area contributed by atoms with Crippen molar-refractivity contribution in [3.63, 3.8) is 0 Å². The molecule has 4 nitrogen and oxygen atoms in total. The third kappa shape index (κ3) is 4.60. The van der Waals surface area contributed by atoms with Gasteiger partial charge in [0.15, 0.2) is 0 Å². The minimum absolute atomic E-state index is 0.0357. The summed E-state index contributed by atoms with van der Waals surface area (Å²) < 4.78 is 0. The summed E-state index contributed by atoms with van der Waals surface area (Å²) in [6.45, 7) is 4.13. The second kappa shape index (κ2) is 8.95. The molecule has 0 aliphatic rings. The van der Waals surface area contributed by atoms with E-state index >= 15 is 0 Å². The quantitative estimate of drug-likeness (QED) is 0.415. The van der Waals surface area contributed by atoms with Crippen molar-refractivity contribution in [3.8, 4) is 0 Å². The fraction of sp³-hybridized carbons (Fsp3) is 0.231. The van der Waals surface area contributed by atoms with Gasteiger partial charge < -0.3 is 10.3 Å². The maximum absolute atomic E-state index is 12.8. The number of aryl methyl sites for hydroxylation is 3. The molecular formula is C26H27N3O. The van der Waals surface area contributed by atoms with Gasteiger partial charge in [-0.05, 0) is 60.7 Å². The molecule has 4 rings (SSSR count). The van der Waals surface area contributed by atoms with E-state index in [0.717, 1.165) is 47.4 Å². The number of H-pyrrole nitrogens is 1. The Kier molecular flexibility index (Phi) is 5.94. The zero-order chi connectivity index (χ0) is 20.9. The first kappa shape index (κ1) is 19.9. The van der Waals surface area contributed by atoms with Gasteiger partial charge in [0.2, 0.25) is 5.91 Å². The van der Waals surface area contributed by atoms with Crippen LogP contribution in [-0.4, -0.2) is 15.9 Å². The number of anilines is 1. The van der Waals surface area contributed by atoms with Gasteiger partial charge in [-0.25, -0.2) is 4.98 Å². The second-order valence-corrected chi connectivity index (χ2v) is 7.77. The number of nitrogens with zero attached hydrogens (tertiary/aromatic N) is 1. The van der Waals surface area contributed by atoms with Crippen molar-refractivity contribution in [2.24, 2.45) is 0 Å². The lowest BCUT2D eigenvalue weighted by Gasteiger charge is -2.16. The fourth-order valence-electron chi connectivity index (χ4n) is 3.85. The van der Waals surface area contributed by atoms with E-state index in [0.29, 0.717) is 0 Å². The lowest BCUT2D eigenvalue weighted by molar-refractivity contribution is -0.117. The van der Waals surface area contributed by atoms with Crippen LogP contribution in [0.25, 0.3) is 11.0 Å². The van der Waals surface area contributed by atoms with E-state index in [1.54, 1.807) is 0 Å². The molecule has 0 unspecified atom stereocenters. The molecule has 0 saturated heterocycles. The van der Waals surface area contributed by atoms with Gasteiger partial charge in [0.1, 0.15) is 5.82 Å². The van der Waals surface area contributed by atoms with Crippen LogP contribution < -0.4 is 5.32 Å². The normalized spacial score (nSPS) is 12.1. The smallest absolute Gasteiger partial charge is 0.231 e. The van der Waals surface area contributed by atoms with Crippen molar-refractivity contribution in [1.29, 1.82) is 0 Å². The molecular weight excluding hydrogens is 370 g/mol. The second-order valence-electron chi connectivity index (χ2n) is 7.77. The monoisotopic (exact) mass is 397 g/mol. The molecule has 0 spiro atoms. The van der Waals surface area contributed by atoms with Crippen LogP contribution in [0.4, 0.5) is 5.69 Å². The van der Waals surface area contributed by atoms with Gasteiger partial charge in [0.05, 0.1) is 17.0 Å². The summed E-state index contributed by atoms with van der Waals surface area (Å²) in [5, 5.41) is 3.10. The number of rotatable bonds is 7. The lowest BCUT2D eigenvalue weighted by Crippen LogP contribution is -2.20. The van der Waals surface area contributed by atoms with Gasteiger partial charge in [-0.15, -0.1) is 0 Å². The Hall–Kier alpha value is -3.40. The van der Waals surface area contributed by atoms with Crippen molar-refractivity contribution in [2.75, 3.05) is 5.32 Å². The molecule has 1 atom stereocenters. The van der Waals surface area contributed by atoms with Crippen LogP contribution in [0.15, 0.2) is 72.8 Å². The SMILES string of the molecule is CC[C@@H](C(=O)Nc1cccc(CCc2nc3ccc(C)cc3[nH]2)c1)c1ccccc1. The highest BCUT2D eigenvalue weighted by molar-refractivity contribution is 5.95. The summed E-state index contributed by atoms with van der Waals surface area (Å²) >= 11 is 0. The van der Waals surface area contributed by atoms with Crippen LogP contribution in [0, 0.1) is 6.92 Å². The number of aromatic amines is 1. The van der Waals surface area contributed by atoms with Crippen molar-refractivity contribution in [1.82, 2.24) is 9.97 Å². The predicted molar refractivity (Wildman–Crippen MR) is 123 cm³/mol. The van der Waals surface area contributed by atoms with Gasteiger partial charge >= 0.3 is 0 Å². The predicted octanol–water partition coefficient (Wildman–Crippen LogP) is 5.79. The summed E-state index contributed by atoms with van der Waals surface area (Å²) in [6, 6.07) is 24.3. The third-order valence-corrected chi connectivity index (χ3v) is 5.46. The van der Waals surface area contributed by atoms with Crippen molar-refractivity contribution >= 4 is 22.6 Å². The third-order valence-electron chi connectivity index (χ3n) is 5.46. The van der Waals surface area contributed by atoms with Gasteiger partial charge in [-0.1, -0.05) is 55.5 Å². The van der Waals surface area contributed by atoms with Gasteiger partial charge in [0.25, 0.3) is 0 Å². The maximum Gasteiger partial charge on any atom is 0.231 e. The Balaban J connectivity index is 1.42. The Morgan fingerprint density at radius 2 is 1.83 bits per heavy atom. The number of imidazole rings is 1. The summed E-state index contributed by atoms with van der Waals surface area (Å²) in [5.74, 6) is 0.877. The molecule has 1 heterocycles. The van der Waals surface area contributed by atoms with E-state index in [2.05, 4.69) is 52.5 Å². The minimum Gasteiger partial charge on any atom is -0.342 e. The van der Waals surface area contributed by atoms with Gasteiger partial charge in [-0.2, -0.15) is 0 Å². The average molecular weight is 398 g/mol. The molecule has 2 N–H and O–H groups in total. The van der Waals surface area contributed by atoms with E-state index < -0.39 is 0 Å². The number of hydrogen-bond acceptors (Lipinski definition) is 2. The number of benzene rings is 3.